The Morgan fingerprint density at radius 3 is 2.62 bits per heavy atom. The van der Waals surface area contributed by atoms with Crippen molar-refractivity contribution in [3.05, 3.63) is 5.82 Å². The number of nitrogens with one attached hydrogen (secondary N) is 1. The first-order valence-corrected chi connectivity index (χ1v) is 10.6. The van der Waals surface area contributed by atoms with Gasteiger partial charge in [0.2, 0.25) is 11.8 Å². The number of amides is 2. The summed E-state index contributed by atoms with van der Waals surface area (Å²) < 4.78 is 2.17. The smallest absolute Gasteiger partial charge is 0.225 e. The number of rotatable bonds is 9. The largest absolute Gasteiger partial charge is 0.356 e. The van der Waals surface area contributed by atoms with Crippen LogP contribution in [0, 0.1) is 11.8 Å². The second kappa shape index (κ2) is 9.39. The number of hydrogen-bond acceptors (Lipinski definition) is 5. The van der Waals surface area contributed by atoms with E-state index in [2.05, 4.69) is 33.9 Å². The standard InChI is InChI=1S/C18H31N5O2S/c1-12(2)10-23-15(20-21-18(23)26-5)7-6-8-19-17(25)14-9-16(24)22(11-14)13(3)4/h12-14H,6-11H2,1-5H3,(H,19,25). The SMILES string of the molecule is CSc1nnc(CCCNC(=O)C2CC(=O)N(C(C)C)C2)n1CC(C)C. The Hall–Kier alpha value is -1.57. The number of aromatic nitrogens is 3. The fourth-order valence-corrected chi connectivity index (χ4v) is 3.73. The molecule has 0 aliphatic carbocycles. The Kier molecular flexibility index (Phi) is 7.49. The molecule has 0 saturated carbocycles. The van der Waals surface area contributed by atoms with Gasteiger partial charge in [-0.15, -0.1) is 10.2 Å². The van der Waals surface area contributed by atoms with Gasteiger partial charge in [-0.2, -0.15) is 0 Å². The summed E-state index contributed by atoms with van der Waals surface area (Å²) in [5.74, 6) is 1.33. The number of carbonyl (C=O) groups excluding carboxylic acids is 2. The molecular weight excluding hydrogens is 350 g/mol. The van der Waals surface area contributed by atoms with Gasteiger partial charge in [-0.3, -0.25) is 9.59 Å². The van der Waals surface area contributed by atoms with Crippen molar-refractivity contribution in [1.82, 2.24) is 25.0 Å². The Labute approximate surface area is 160 Å². The van der Waals surface area contributed by atoms with E-state index in [0.717, 1.165) is 30.4 Å². The molecule has 0 bridgehead atoms. The van der Waals surface area contributed by atoms with E-state index in [1.807, 2.05) is 20.1 Å². The lowest BCUT2D eigenvalue weighted by Crippen LogP contribution is -2.36. The summed E-state index contributed by atoms with van der Waals surface area (Å²) in [4.78, 5) is 26.0. The van der Waals surface area contributed by atoms with Crippen molar-refractivity contribution in [2.45, 2.75) is 64.7 Å². The van der Waals surface area contributed by atoms with Crippen LogP contribution in [0.4, 0.5) is 0 Å². The van der Waals surface area contributed by atoms with Gasteiger partial charge in [-0.25, -0.2) is 0 Å². The van der Waals surface area contributed by atoms with Gasteiger partial charge in [0.25, 0.3) is 0 Å². The van der Waals surface area contributed by atoms with Crippen LogP contribution in [0.3, 0.4) is 0 Å². The Bertz CT molecular complexity index is 629. The van der Waals surface area contributed by atoms with Crippen LogP contribution in [-0.2, 0) is 22.6 Å². The van der Waals surface area contributed by atoms with E-state index in [4.69, 9.17) is 0 Å². The van der Waals surface area contributed by atoms with E-state index in [1.54, 1.807) is 16.7 Å². The van der Waals surface area contributed by atoms with Crippen LogP contribution in [-0.4, -0.2) is 56.9 Å². The third-order valence-electron chi connectivity index (χ3n) is 4.55. The third-order valence-corrected chi connectivity index (χ3v) is 5.22. The predicted octanol–water partition coefficient (Wildman–Crippen LogP) is 1.96. The van der Waals surface area contributed by atoms with Crippen molar-refractivity contribution in [1.29, 1.82) is 0 Å². The summed E-state index contributed by atoms with van der Waals surface area (Å²) in [5.41, 5.74) is 0. The van der Waals surface area contributed by atoms with Crippen molar-refractivity contribution in [3.8, 4) is 0 Å². The molecule has 2 heterocycles. The molecule has 0 spiro atoms. The van der Waals surface area contributed by atoms with E-state index in [9.17, 15) is 9.59 Å². The average molecular weight is 382 g/mol. The van der Waals surface area contributed by atoms with Gasteiger partial charge in [-0.1, -0.05) is 25.6 Å². The Morgan fingerprint density at radius 2 is 2.04 bits per heavy atom. The van der Waals surface area contributed by atoms with Crippen molar-refractivity contribution >= 4 is 23.6 Å². The fraction of sp³-hybridized carbons (Fsp3) is 0.778. The van der Waals surface area contributed by atoms with Crippen molar-refractivity contribution in [3.63, 3.8) is 0 Å². The number of aryl methyl sites for hydroxylation is 1. The van der Waals surface area contributed by atoms with Crippen LogP contribution >= 0.6 is 11.8 Å². The highest BCUT2D eigenvalue weighted by Crippen LogP contribution is 2.20. The monoisotopic (exact) mass is 381 g/mol. The van der Waals surface area contributed by atoms with Crippen molar-refractivity contribution in [2.24, 2.45) is 11.8 Å². The molecule has 7 nitrogen and oxygen atoms in total. The molecular formula is C18H31N5O2S. The van der Waals surface area contributed by atoms with Crippen LogP contribution < -0.4 is 5.32 Å². The van der Waals surface area contributed by atoms with E-state index in [-0.39, 0.29) is 23.8 Å². The minimum Gasteiger partial charge on any atom is -0.356 e. The second-order valence-electron chi connectivity index (χ2n) is 7.54. The highest BCUT2D eigenvalue weighted by atomic mass is 32.2. The highest BCUT2D eigenvalue weighted by molar-refractivity contribution is 7.98. The minimum atomic E-state index is -0.224. The van der Waals surface area contributed by atoms with E-state index in [0.29, 0.717) is 25.4 Å². The number of likely N-dealkylation sites (tertiary alicyclic amines) is 1. The molecule has 1 N–H and O–H groups in total. The maximum atomic E-state index is 12.3. The number of nitrogens with zero attached hydrogens (tertiary/aromatic N) is 4. The zero-order valence-electron chi connectivity index (χ0n) is 16.5. The molecule has 1 aromatic rings. The van der Waals surface area contributed by atoms with Crippen LogP contribution in [0.15, 0.2) is 5.16 Å². The molecule has 1 fully saturated rings. The minimum absolute atomic E-state index is 0.0186. The van der Waals surface area contributed by atoms with Gasteiger partial charge in [-0.05, 0) is 32.4 Å². The fourth-order valence-electron chi connectivity index (χ4n) is 3.21. The molecule has 1 aliphatic rings. The van der Waals surface area contributed by atoms with E-state index < -0.39 is 0 Å². The molecule has 1 aliphatic heterocycles. The molecule has 1 aromatic heterocycles. The lowest BCUT2D eigenvalue weighted by atomic mass is 10.1. The molecule has 8 heteroatoms. The maximum absolute atomic E-state index is 12.3. The number of carbonyl (C=O) groups is 2. The summed E-state index contributed by atoms with van der Waals surface area (Å²) in [6.45, 7) is 10.3. The summed E-state index contributed by atoms with van der Waals surface area (Å²) >= 11 is 1.60. The zero-order valence-corrected chi connectivity index (χ0v) is 17.3. The molecule has 1 unspecified atom stereocenters. The van der Waals surface area contributed by atoms with Gasteiger partial charge in [0.15, 0.2) is 5.16 Å². The van der Waals surface area contributed by atoms with Gasteiger partial charge in [0.05, 0.1) is 5.92 Å². The van der Waals surface area contributed by atoms with Gasteiger partial charge in [0, 0.05) is 38.5 Å². The van der Waals surface area contributed by atoms with E-state index in [1.165, 1.54) is 0 Å². The summed E-state index contributed by atoms with van der Waals surface area (Å²) in [6, 6.07) is 0.151. The third kappa shape index (κ3) is 5.22. The second-order valence-corrected chi connectivity index (χ2v) is 8.32. The average Bonchev–Trinajstić information content (AvgIpc) is 3.14. The Morgan fingerprint density at radius 1 is 1.31 bits per heavy atom. The first kappa shape index (κ1) is 20.7. The van der Waals surface area contributed by atoms with Crippen LogP contribution in [0.2, 0.25) is 0 Å². The summed E-state index contributed by atoms with van der Waals surface area (Å²) in [7, 11) is 0. The van der Waals surface area contributed by atoms with Gasteiger partial charge >= 0.3 is 0 Å². The van der Waals surface area contributed by atoms with E-state index >= 15 is 0 Å². The predicted molar refractivity (Wildman–Crippen MR) is 103 cm³/mol. The van der Waals surface area contributed by atoms with Gasteiger partial charge in [0.1, 0.15) is 5.82 Å². The molecule has 2 rings (SSSR count). The lowest BCUT2D eigenvalue weighted by Gasteiger charge is -2.20. The van der Waals surface area contributed by atoms with Crippen LogP contribution in [0.5, 0.6) is 0 Å². The Balaban J connectivity index is 1.80. The molecule has 26 heavy (non-hydrogen) atoms. The molecule has 0 radical (unpaired) electrons. The molecule has 2 amide bonds. The number of thioether (sulfide) groups is 1. The summed E-state index contributed by atoms with van der Waals surface area (Å²) in [6.07, 6.45) is 3.92. The first-order valence-electron chi connectivity index (χ1n) is 9.36. The maximum Gasteiger partial charge on any atom is 0.225 e. The molecule has 0 aromatic carbocycles. The number of hydrogen-bond donors (Lipinski definition) is 1. The normalized spacial score (nSPS) is 17.6. The van der Waals surface area contributed by atoms with Crippen LogP contribution in [0.1, 0.15) is 46.4 Å². The van der Waals surface area contributed by atoms with Crippen molar-refractivity contribution < 1.29 is 9.59 Å². The van der Waals surface area contributed by atoms with Crippen LogP contribution in [0.25, 0.3) is 0 Å². The zero-order chi connectivity index (χ0) is 19.3. The molecule has 1 atom stereocenters. The molecule has 1 saturated heterocycles. The summed E-state index contributed by atoms with van der Waals surface area (Å²) in [5, 5.41) is 12.5. The molecule has 146 valence electrons. The lowest BCUT2D eigenvalue weighted by molar-refractivity contribution is -0.129. The quantitative estimate of drug-likeness (QED) is 0.522. The topological polar surface area (TPSA) is 80.1 Å². The van der Waals surface area contributed by atoms with Crippen molar-refractivity contribution in [2.75, 3.05) is 19.3 Å². The van der Waals surface area contributed by atoms with Gasteiger partial charge < -0.3 is 14.8 Å². The highest BCUT2D eigenvalue weighted by Gasteiger charge is 2.35. The first-order chi connectivity index (χ1) is 12.3.